The fraction of sp³-hybridized carbons (Fsp3) is 0.391. The Morgan fingerprint density at radius 3 is 1.83 bits per heavy atom. The smallest absolute Gasteiger partial charge is 0.425 e. The first-order valence-corrected chi connectivity index (χ1v) is 9.70. The molecule has 0 atom stereocenters. The van der Waals surface area contributed by atoms with Gasteiger partial charge in [-0.2, -0.15) is 0 Å². The molecule has 0 aliphatic carbocycles. The number of amides is 1. The lowest BCUT2D eigenvalue weighted by atomic mass is 10.1. The molecule has 0 unspecified atom stereocenters. The molecule has 0 aliphatic rings. The van der Waals surface area contributed by atoms with E-state index < -0.39 is 11.7 Å². The van der Waals surface area contributed by atoms with Crippen LogP contribution in [0.25, 0.3) is 0 Å². The van der Waals surface area contributed by atoms with Gasteiger partial charge in [-0.1, -0.05) is 24.3 Å². The molecule has 0 saturated carbocycles. The van der Waals surface area contributed by atoms with Crippen LogP contribution in [-0.4, -0.2) is 48.8 Å². The Hall–Kier alpha value is -3.06. The Morgan fingerprint density at radius 1 is 0.933 bits per heavy atom. The van der Waals surface area contributed by atoms with Gasteiger partial charge in [0.2, 0.25) is 0 Å². The molecule has 2 aromatic rings. The van der Waals surface area contributed by atoms with Gasteiger partial charge in [0.1, 0.15) is 23.4 Å². The number of hydrogen-bond donors (Lipinski definition) is 0. The van der Waals surface area contributed by atoms with Crippen molar-refractivity contribution in [1.29, 1.82) is 0 Å². The molecule has 0 fully saturated rings. The van der Waals surface area contributed by atoms with E-state index >= 15 is 0 Å². The number of carbonyl (C=O) groups is 2. The maximum atomic E-state index is 12.9. The van der Waals surface area contributed by atoms with E-state index in [1.165, 1.54) is 5.01 Å². The van der Waals surface area contributed by atoms with Crippen molar-refractivity contribution in [2.24, 2.45) is 0 Å². The summed E-state index contributed by atoms with van der Waals surface area (Å²) in [6.07, 6.45) is 0.106. The molecule has 0 N–H and O–H groups in total. The Bertz CT molecular complexity index is 798. The normalized spacial score (nSPS) is 11.1. The van der Waals surface area contributed by atoms with Crippen molar-refractivity contribution in [3.63, 3.8) is 0 Å². The Labute approximate surface area is 178 Å². The minimum absolute atomic E-state index is 0.122. The van der Waals surface area contributed by atoms with Gasteiger partial charge < -0.3 is 19.0 Å². The van der Waals surface area contributed by atoms with E-state index in [0.29, 0.717) is 30.9 Å². The van der Waals surface area contributed by atoms with Crippen LogP contribution < -0.4 is 9.47 Å². The molecule has 30 heavy (non-hydrogen) atoms. The van der Waals surface area contributed by atoms with Crippen molar-refractivity contribution >= 4 is 12.4 Å². The van der Waals surface area contributed by atoms with Crippen LogP contribution in [0, 0.1) is 0 Å². The predicted molar refractivity (Wildman–Crippen MR) is 114 cm³/mol. The van der Waals surface area contributed by atoms with Gasteiger partial charge in [0.15, 0.2) is 0 Å². The SMILES string of the molecule is COc1cccc(CN(Cc2cccc(OC)c2)N(CC=O)C(=O)OC(C)(C)C)c1. The van der Waals surface area contributed by atoms with Gasteiger partial charge in [-0.25, -0.2) is 14.8 Å². The molecular weight excluding hydrogens is 384 g/mol. The van der Waals surface area contributed by atoms with Gasteiger partial charge in [0.05, 0.1) is 20.8 Å². The maximum Gasteiger partial charge on any atom is 0.425 e. The summed E-state index contributed by atoms with van der Waals surface area (Å²) in [6, 6.07) is 15.1. The molecule has 162 valence electrons. The quantitative estimate of drug-likeness (QED) is 0.455. The van der Waals surface area contributed by atoms with E-state index in [-0.39, 0.29) is 6.54 Å². The molecule has 0 spiro atoms. The summed E-state index contributed by atoms with van der Waals surface area (Å²) in [5.74, 6) is 1.43. The van der Waals surface area contributed by atoms with E-state index in [1.807, 2.05) is 48.5 Å². The van der Waals surface area contributed by atoms with Crippen LogP contribution in [0.3, 0.4) is 0 Å². The topological polar surface area (TPSA) is 68.3 Å². The monoisotopic (exact) mass is 414 g/mol. The van der Waals surface area contributed by atoms with Crippen LogP contribution in [0.1, 0.15) is 31.9 Å². The highest BCUT2D eigenvalue weighted by Crippen LogP contribution is 2.21. The van der Waals surface area contributed by atoms with E-state index in [4.69, 9.17) is 14.2 Å². The number of hydrazine groups is 1. The summed E-state index contributed by atoms with van der Waals surface area (Å²) in [5.41, 5.74) is 1.17. The standard InChI is InChI=1S/C23H30N2O5/c1-23(2,3)30-22(27)25(12-13-26)24(16-18-8-6-10-20(14-18)28-4)17-19-9-7-11-21(15-19)29-5/h6-11,13-15H,12,16-17H2,1-5H3. The fourth-order valence-electron chi connectivity index (χ4n) is 2.88. The zero-order valence-corrected chi connectivity index (χ0v) is 18.3. The van der Waals surface area contributed by atoms with Crippen LogP contribution >= 0.6 is 0 Å². The second-order valence-electron chi connectivity index (χ2n) is 7.75. The average Bonchev–Trinajstić information content (AvgIpc) is 2.70. The molecule has 0 aromatic heterocycles. The van der Waals surface area contributed by atoms with Gasteiger partial charge in [0, 0.05) is 13.1 Å². The molecule has 7 heteroatoms. The maximum absolute atomic E-state index is 12.9. The molecule has 0 aliphatic heterocycles. The van der Waals surface area contributed by atoms with Crippen LogP contribution in [0.15, 0.2) is 48.5 Å². The molecule has 0 radical (unpaired) electrons. The third-order valence-corrected chi connectivity index (χ3v) is 4.19. The molecule has 1 amide bonds. The van der Waals surface area contributed by atoms with E-state index in [2.05, 4.69) is 0 Å². The number of methoxy groups -OCH3 is 2. The Balaban J connectivity index is 2.37. The van der Waals surface area contributed by atoms with Crippen LogP contribution in [-0.2, 0) is 22.6 Å². The molecule has 7 nitrogen and oxygen atoms in total. The summed E-state index contributed by atoms with van der Waals surface area (Å²) in [4.78, 5) is 24.3. The lowest BCUT2D eigenvalue weighted by Gasteiger charge is -2.35. The fourth-order valence-corrected chi connectivity index (χ4v) is 2.88. The summed E-state index contributed by atoms with van der Waals surface area (Å²) >= 11 is 0. The van der Waals surface area contributed by atoms with Crippen molar-refractivity contribution in [3.05, 3.63) is 59.7 Å². The zero-order valence-electron chi connectivity index (χ0n) is 18.3. The van der Waals surface area contributed by atoms with E-state index in [1.54, 1.807) is 40.0 Å². The van der Waals surface area contributed by atoms with Gasteiger partial charge in [0.25, 0.3) is 0 Å². The van der Waals surface area contributed by atoms with Gasteiger partial charge >= 0.3 is 6.09 Å². The second-order valence-corrected chi connectivity index (χ2v) is 7.75. The number of carbonyl (C=O) groups excluding carboxylic acids is 2. The third-order valence-electron chi connectivity index (χ3n) is 4.19. The number of benzene rings is 2. The van der Waals surface area contributed by atoms with Crippen molar-refractivity contribution < 1.29 is 23.8 Å². The van der Waals surface area contributed by atoms with Crippen molar-refractivity contribution in [3.8, 4) is 11.5 Å². The Kier molecular flexibility index (Phi) is 8.24. The first-order chi connectivity index (χ1) is 14.3. The minimum atomic E-state index is -0.685. The lowest BCUT2D eigenvalue weighted by Crippen LogP contribution is -2.48. The molecule has 2 rings (SSSR count). The van der Waals surface area contributed by atoms with Gasteiger partial charge in [-0.05, 0) is 56.2 Å². The van der Waals surface area contributed by atoms with Crippen LogP contribution in [0.2, 0.25) is 0 Å². The molecule has 2 aromatic carbocycles. The molecular formula is C23H30N2O5. The Morgan fingerprint density at radius 2 is 1.43 bits per heavy atom. The number of ether oxygens (including phenoxy) is 3. The minimum Gasteiger partial charge on any atom is -0.497 e. The largest absolute Gasteiger partial charge is 0.497 e. The van der Waals surface area contributed by atoms with Crippen LogP contribution in [0.4, 0.5) is 4.79 Å². The first-order valence-electron chi connectivity index (χ1n) is 9.70. The van der Waals surface area contributed by atoms with Crippen molar-refractivity contribution in [2.45, 2.75) is 39.5 Å². The molecule has 0 saturated heterocycles. The summed E-state index contributed by atoms with van der Waals surface area (Å²) in [7, 11) is 3.21. The molecule has 0 bridgehead atoms. The number of hydrogen-bond acceptors (Lipinski definition) is 6. The van der Waals surface area contributed by atoms with Gasteiger partial charge in [-0.15, -0.1) is 0 Å². The van der Waals surface area contributed by atoms with E-state index in [9.17, 15) is 9.59 Å². The van der Waals surface area contributed by atoms with Crippen molar-refractivity contribution in [1.82, 2.24) is 10.0 Å². The average molecular weight is 415 g/mol. The highest BCUT2D eigenvalue weighted by Gasteiger charge is 2.27. The predicted octanol–water partition coefficient (Wildman–Crippen LogP) is 4.06. The number of aldehydes is 1. The number of nitrogens with zero attached hydrogens (tertiary/aromatic N) is 2. The molecule has 0 heterocycles. The lowest BCUT2D eigenvalue weighted by molar-refractivity contribution is -0.115. The van der Waals surface area contributed by atoms with Crippen LogP contribution in [0.5, 0.6) is 11.5 Å². The zero-order chi connectivity index (χ0) is 22.1. The highest BCUT2D eigenvalue weighted by atomic mass is 16.6. The second kappa shape index (κ2) is 10.6. The third kappa shape index (κ3) is 7.08. The summed E-state index contributed by atoms with van der Waals surface area (Å²) < 4.78 is 16.2. The van der Waals surface area contributed by atoms with Crippen molar-refractivity contribution in [2.75, 3.05) is 20.8 Å². The summed E-state index contributed by atoms with van der Waals surface area (Å²) in [6.45, 7) is 6.00. The highest BCUT2D eigenvalue weighted by molar-refractivity contribution is 5.71. The number of rotatable bonds is 9. The van der Waals surface area contributed by atoms with E-state index in [0.717, 1.165) is 11.1 Å². The summed E-state index contributed by atoms with van der Waals surface area (Å²) in [5, 5.41) is 3.11. The first kappa shape index (κ1) is 23.2. The van der Waals surface area contributed by atoms with Gasteiger partial charge in [-0.3, -0.25) is 0 Å².